The van der Waals surface area contributed by atoms with E-state index in [2.05, 4.69) is 5.32 Å². The smallest absolute Gasteiger partial charge is 0.318 e. The van der Waals surface area contributed by atoms with E-state index in [-0.39, 0.29) is 19.2 Å². The van der Waals surface area contributed by atoms with Crippen LogP contribution in [0.2, 0.25) is 0 Å². The van der Waals surface area contributed by atoms with Crippen molar-refractivity contribution in [2.45, 2.75) is 12.5 Å². The van der Waals surface area contributed by atoms with E-state index >= 15 is 0 Å². The van der Waals surface area contributed by atoms with Gasteiger partial charge >= 0.3 is 6.03 Å². The third-order valence-corrected chi connectivity index (χ3v) is 2.19. The average molecular weight is 174 g/mol. The Bertz CT molecular complexity index is 179. The highest BCUT2D eigenvalue weighted by Crippen LogP contribution is 2.15. The highest BCUT2D eigenvalue weighted by molar-refractivity contribution is 5.77. The van der Waals surface area contributed by atoms with Gasteiger partial charge in [-0.25, -0.2) is 4.79 Å². The van der Waals surface area contributed by atoms with Gasteiger partial charge in [0.2, 0.25) is 0 Å². The molecule has 0 bridgehead atoms. The van der Waals surface area contributed by atoms with Crippen molar-refractivity contribution in [2.24, 2.45) is 0 Å². The van der Waals surface area contributed by atoms with Crippen LogP contribution in [0.15, 0.2) is 0 Å². The molecule has 5 nitrogen and oxygen atoms in total. The monoisotopic (exact) mass is 174 g/mol. The lowest BCUT2D eigenvalue weighted by atomic mass is 10.0. The minimum Gasteiger partial charge on any atom is -0.394 e. The summed E-state index contributed by atoms with van der Waals surface area (Å²) in [6.07, 6.45) is 0. The maximum absolute atomic E-state index is 11.1. The first-order chi connectivity index (χ1) is 5.64. The van der Waals surface area contributed by atoms with E-state index in [0.717, 1.165) is 0 Å². The van der Waals surface area contributed by atoms with Gasteiger partial charge in [0.15, 0.2) is 0 Å². The summed E-state index contributed by atoms with van der Waals surface area (Å²) < 4.78 is 0. The summed E-state index contributed by atoms with van der Waals surface area (Å²) >= 11 is 0. The summed E-state index contributed by atoms with van der Waals surface area (Å²) in [7, 11) is 0. The number of aliphatic hydroxyl groups excluding tert-OH is 2. The first kappa shape index (κ1) is 9.28. The Labute approximate surface area is 71.0 Å². The number of rotatable bonds is 3. The van der Waals surface area contributed by atoms with Gasteiger partial charge in [-0.3, -0.25) is 0 Å². The van der Waals surface area contributed by atoms with Gasteiger partial charge in [-0.2, -0.15) is 0 Å². The predicted molar refractivity (Wildman–Crippen MR) is 42.7 cm³/mol. The standard InChI is InChI=1S/C7H14N2O3/c1-7(4-10,5-11)9-3-2-8-6(9)12/h10-11H,2-5H2,1H3,(H,8,12). The molecule has 0 unspecified atom stereocenters. The third-order valence-electron chi connectivity index (χ3n) is 2.19. The normalized spacial score (nSPS) is 18.2. The van der Waals surface area contributed by atoms with Crippen molar-refractivity contribution in [1.29, 1.82) is 0 Å². The molecule has 1 aliphatic heterocycles. The first-order valence-electron chi connectivity index (χ1n) is 3.91. The van der Waals surface area contributed by atoms with Gasteiger partial charge in [-0.15, -0.1) is 0 Å². The van der Waals surface area contributed by atoms with Crippen LogP contribution in [-0.2, 0) is 0 Å². The molecular formula is C7H14N2O3. The van der Waals surface area contributed by atoms with Crippen molar-refractivity contribution in [3.05, 3.63) is 0 Å². The summed E-state index contributed by atoms with van der Waals surface area (Å²) in [6, 6.07) is -0.222. The molecule has 1 saturated heterocycles. The zero-order chi connectivity index (χ0) is 9.19. The maximum atomic E-state index is 11.1. The van der Waals surface area contributed by atoms with E-state index < -0.39 is 5.54 Å². The van der Waals surface area contributed by atoms with Gasteiger partial charge in [0.05, 0.1) is 18.8 Å². The van der Waals surface area contributed by atoms with Gasteiger partial charge in [0.25, 0.3) is 0 Å². The largest absolute Gasteiger partial charge is 0.394 e. The summed E-state index contributed by atoms with van der Waals surface area (Å²) in [5.41, 5.74) is -0.833. The van der Waals surface area contributed by atoms with Crippen LogP contribution in [0.4, 0.5) is 4.79 Å². The molecule has 1 rings (SSSR count). The minimum atomic E-state index is -0.833. The van der Waals surface area contributed by atoms with Crippen molar-refractivity contribution >= 4 is 6.03 Å². The van der Waals surface area contributed by atoms with Crippen LogP contribution in [0.25, 0.3) is 0 Å². The van der Waals surface area contributed by atoms with E-state index in [1.165, 1.54) is 4.90 Å². The number of hydrogen-bond acceptors (Lipinski definition) is 3. The summed E-state index contributed by atoms with van der Waals surface area (Å²) in [5.74, 6) is 0. The Balaban J connectivity index is 2.71. The van der Waals surface area contributed by atoms with Crippen molar-refractivity contribution < 1.29 is 15.0 Å². The molecule has 0 aliphatic carbocycles. The van der Waals surface area contributed by atoms with Gasteiger partial charge in [0.1, 0.15) is 0 Å². The molecular weight excluding hydrogens is 160 g/mol. The number of aliphatic hydroxyl groups is 2. The number of nitrogens with zero attached hydrogens (tertiary/aromatic N) is 1. The second-order valence-corrected chi connectivity index (χ2v) is 3.20. The molecule has 3 N–H and O–H groups in total. The molecule has 0 radical (unpaired) electrons. The van der Waals surface area contributed by atoms with Crippen molar-refractivity contribution in [3.63, 3.8) is 0 Å². The molecule has 2 amide bonds. The van der Waals surface area contributed by atoms with Gasteiger partial charge in [-0.1, -0.05) is 0 Å². The molecule has 5 heteroatoms. The predicted octanol–water partition coefficient (Wildman–Crippen LogP) is -1.25. The second kappa shape index (κ2) is 3.28. The maximum Gasteiger partial charge on any atom is 0.318 e. The Kier molecular flexibility index (Phi) is 2.54. The molecule has 1 aliphatic rings. The molecule has 1 fully saturated rings. The zero-order valence-electron chi connectivity index (χ0n) is 7.08. The number of urea groups is 1. The lowest BCUT2D eigenvalue weighted by Gasteiger charge is -2.34. The molecule has 70 valence electrons. The molecule has 0 atom stereocenters. The van der Waals surface area contributed by atoms with Crippen molar-refractivity contribution in [1.82, 2.24) is 10.2 Å². The molecule has 0 aromatic heterocycles. The number of amides is 2. The molecule has 0 saturated carbocycles. The topological polar surface area (TPSA) is 72.8 Å². The van der Waals surface area contributed by atoms with Crippen LogP contribution < -0.4 is 5.32 Å². The first-order valence-corrected chi connectivity index (χ1v) is 3.91. The highest BCUT2D eigenvalue weighted by Gasteiger charge is 2.36. The Hall–Kier alpha value is -0.810. The van der Waals surface area contributed by atoms with Crippen LogP contribution >= 0.6 is 0 Å². The van der Waals surface area contributed by atoms with Crippen LogP contribution in [-0.4, -0.2) is 53.0 Å². The Morgan fingerprint density at radius 1 is 1.58 bits per heavy atom. The van der Waals surface area contributed by atoms with Crippen LogP contribution in [0, 0.1) is 0 Å². The highest BCUT2D eigenvalue weighted by atomic mass is 16.3. The number of hydrogen-bond donors (Lipinski definition) is 3. The van der Waals surface area contributed by atoms with Crippen LogP contribution in [0.3, 0.4) is 0 Å². The van der Waals surface area contributed by atoms with E-state index in [9.17, 15) is 4.79 Å². The zero-order valence-corrected chi connectivity index (χ0v) is 7.08. The number of nitrogens with one attached hydrogen (secondary N) is 1. The fourth-order valence-electron chi connectivity index (χ4n) is 1.21. The molecule has 12 heavy (non-hydrogen) atoms. The summed E-state index contributed by atoms with van der Waals surface area (Å²) in [5, 5.41) is 20.6. The Morgan fingerprint density at radius 2 is 2.17 bits per heavy atom. The SMILES string of the molecule is CC(CO)(CO)N1CCNC1=O. The second-order valence-electron chi connectivity index (χ2n) is 3.20. The molecule has 1 heterocycles. The third kappa shape index (κ3) is 1.37. The number of carbonyl (C=O) groups is 1. The average Bonchev–Trinajstić information content (AvgIpc) is 2.51. The quantitative estimate of drug-likeness (QED) is 0.501. The van der Waals surface area contributed by atoms with Crippen molar-refractivity contribution in [2.75, 3.05) is 26.3 Å². The molecule has 0 spiro atoms. The van der Waals surface area contributed by atoms with Gasteiger partial charge in [-0.05, 0) is 6.92 Å². The minimum absolute atomic E-state index is 0.222. The van der Waals surface area contributed by atoms with Crippen LogP contribution in [0.1, 0.15) is 6.92 Å². The van der Waals surface area contributed by atoms with E-state index in [4.69, 9.17) is 10.2 Å². The summed E-state index contributed by atoms with van der Waals surface area (Å²) in [6.45, 7) is 2.32. The van der Waals surface area contributed by atoms with Gasteiger partial charge < -0.3 is 20.4 Å². The number of carbonyl (C=O) groups excluding carboxylic acids is 1. The lowest BCUT2D eigenvalue weighted by Crippen LogP contribution is -2.53. The Morgan fingerprint density at radius 3 is 2.50 bits per heavy atom. The van der Waals surface area contributed by atoms with E-state index in [1.54, 1.807) is 6.92 Å². The fraction of sp³-hybridized carbons (Fsp3) is 0.857. The molecule has 0 aromatic rings. The lowest BCUT2D eigenvalue weighted by molar-refractivity contribution is 0.0342. The summed E-state index contributed by atoms with van der Waals surface area (Å²) in [4.78, 5) is 12.6. The van der Waals surface area contributed by atoms with Crippen LogP contribution in [0.5, 0.6) is 0 Å². The van der Waals surface area contributed by atoms with Gasteiger partial charge in [0, 0.05) is 13.1 Å². The fourth-order valence-corrected chi connectivity index (χ4v) is 1.21. The molecule has 0 aromatic carbocycles. The van der Waals surface area contributed by atoms with E-state index in [0.29, 0.717) is 13.1 Å². The van der Waals surface area contributed by atoms with E-state index in [1.807, 2.05) is 0 Å². The van der Waals surface area contributed by atoms with Crippen molar-refractivity contribution in [3.8, 4) is 0 Å².